The molecule has 0 saturated heterocycles. The molecule has 0 aromatic carbocycles. The number of amides is 1. The Hall–Kier alpha value is -1.93. The first-order chi connectivity index (χ1) is 11.8. The summed E-state index contributed by atoms with van der Waals surface area (Å²) in [5, 5.41) is 9.62. The number of hydrogen-bond donors (Lipinski definition) is 1. The van der Waals surface area contributed by atoms with Crippen molar-refractivity contribution >= 4 is 27.6 Å². The van der Waals surface area contributed by atoms with E-state index in [0.717, 1.165) is 10.4 Å². The third-order valence-electron chi connectivity index (χ3n) is 4.04. The number of aliphatic hydroxyl groups is 1. The number of fused-ring (bicyclic) bond motifs is 3. The van der Waals surface area contributed by atoms with Gasteiger partial charge in [0.1, 0.15) is 10.4 Å². The molecule has 1 amide bonds. The molecule has 7 nitrogen and oxygen atoms in total. The van der Waals surface area contributed by atoms with Crippen LogP contribution in [0.5, 0.6) is 0 Å². The Bertz CT molecular complexity index is 850. The highest BCUT2D eigenvalue weighted by molar-refractivity contribution is 7.18. The van der Waals surface area contributed by atoms with Gasteiger partial charge in [0, 0.05) is 24.6 Å². The van der Waals surface area contributed by atoms with Crippen LogP contribution in [0.2, 0.25) is 0 Å². The first-order valence-corrected chi connectivity index (χ1v) is 9.20. The van der Waals surface area contributed by atoms with Gasteiger partial charge in [-0.05, 0) is 39.2 Å². The number of ether oxygens (including phenoxy) is 1. The van der Waals surface area contributed by atoms with Crippen LogP contribution in [0.4, 0.5) is 4.79 Å². The summed E-state index contributed by atoms with van der Waals surface area (Å²) in [5.41, 5.74) is 0.400. The van der Waals surface area contributed by atoms with Crippen molar-refractivity contribution in [3.63, 3.8) is 0 Å². The van der Waals surface area contributed by atoms with Gasteiger partial charge < -0.3 is 14.7 Å². The number of rotatable bonds is 3. The summed E-state index contributed by atoms with van der Waals surface area (Å²) < 4.78 is 6.99. The summed E-state index contributed by atoms with van der Waals surface area (Å²) in [7, 11) is 0. The highest BCUT2D eigenvalue weighted by Crippen LogP contribution is 2.32. The molecule has 1 aliphatic heterocycles. The molecule has 8 heteroatoms. The van der Waals surface area contributed by atoms with Gasteiger partial charge in [0.25, 0.3) is 5.56 Å². The van der Waals surface area contributed by atoms with Gasteiger partial charge in [0.05, 0.1) is 18.3 Å². The lowest BCUT2D eigenvalue weighted by molar-refractivity contribution is 0.0227. The molecule has 0 unspecified atom stereocenters. The zero-order valence-corrected chi connectivity index (χ0v) is 15.6. The van der Waals surface area contributed by atoms with Crippen molar-refractivity contribution in [1.82, 2.24) is 14.5 Å². The summed E-state index contributed by atoms with van der Waals surface area (Å²) in [5.74, 6) is 0. The van der Waals surface area contributed by atoms with Crippen LogP contribution in [-0.4, -0.2) is 44.4 Å². The minimum Gasteiger partial charge on any atom is -0.444 e. The fourth-order valence-corrected chi connectivity index (χ4v) is 4.09. The number of aromatic nitrogens is 2. The Morgan fingerprint density at radius 1 is 1.44 bits per heavy atom. The van der Waals surface area contributed by atoms with E-state index < -0.39 is 5.60 Å². The number of aryl methyl sites for hydroxylation is 1. The SMILES string of the molecule is CC(C)(C)OC(=O)N1CCc2c(sc3ncn(CCCO)c(=O)c23)C1. The van der Waals surface area contributed by atoms with Crippen molar-refractivity contribution < 1.29 is 14.6 Å². The summed E-state index contributed by atoms with van der Waals surface area (Å²) in [6.07, 6.45) is 2.35. The van der Waals surface area contributed by atoms with Gasteiger partial charge in [-0.3, -0.25) is 9.36 Å². The number of thiophene rings is 1. The van der Waals surface area contributed by atoms with Crippen LogP contribution < -0.4 is 5.56 Å². The van der Waals surface area contributed by atoms with Gasteiger partial charge in [-0.2, -0.15) is 0 Å². The quantitative estimate of drug-likeness (QED) is 0.901. The molecular weight excluding hydrogens is 342 g/mol. The average molecular weight is 365 g/mol. The Morgan fingerprint density at radius 2 is 2.20 bits per heavy atom. The molecule has 0 atom stereocenters. The fraction of sp³-hybridized carbons (Fsp3) is 0.588. The first-order valence-electron chi connectivity index (χ1n) is 8.38. The molecule has 25 heavy (non-hydrogen) atoms. The zero-order valence-electron chi connectivity index (χ0n) is 14.7. The van der Waals surface area contributed by atoms with E-state index in [1.807, 2.05) is 20.8 Å². The van der Waals surface area contributed by atoms with E-state index in [1.54, 1.807) is 9.47 Å². The highest BCUT2D eigenvalue weighted by atomic mass is 32.1. The number of nitrogens with zero attached hydrogens (tertiary/aromatic N) is 3. The molecule has 0 aliphatic carbocycles. The average Bonchev–Trinajstić information content (AvgIpc) is 2.91. The van der Waals surface area contributed by atoms with E-state index in [-0.39, 0.29) is 18.3 Å². The summed E-state index contributed by atoms with van der Waals surface area (Å²) in [6, 6.07) is 0. The van der Waals surface area contributed by atoms with Crippen molar-refractivity contribution in [3.8, 4) is 0 Å². The van der Waals surface area contributed by atoms with Crippen molar-refractivity contribution in [1.29, 1.82) is 0 Å². The number of aliphatic hydroxyl groups excluding tert-OH is 1. The fourth-order valence-electron chi connectivity index (χ4n) is 2.90. The molecule has 0 radical (unpaired) electrons. The number of carbonyl (C=O) groups excluding carboxylic acids is 1. The summed E-state index contributed by atoms with van der Waals surface area (Å²) in [6.45, 7) is 7.00. The monoisotopic (exact) mass is 365 g/mol. The molecule has 1 aliphatic rings. The second-order valence-electron chi connectivity index (χ2n) is 7.16. The van der Waals surface area contributed by atoms with Crippen LogP contribution in [0.1, 0.15) is 37.6 Å². The van der Waals surface area contributed by atoms with E-state index >= 15 is 0 Å². The zero-order chi connectivity index (χ0) is 18.2. The van der Waals surface area contributed by atoms with Crippen LogP contribution in [0.3, 0.4) is 0 Å². The molecule has 0 bridgehead atoms. The van der Waals surface area contributed by atoms with Crippen molar-refractivity contribution in [3.05, 3.63) is 27.1 Å². The molecule has 0 fully saturated rings. The Labute approximate surface area is 149 Å². The number of carbonyl (C=O) groups is 1. The lowest BCUT2D eigenvalue weighted by Gasteiger charge is -2.29. The van der Waals surface area contributed by atoms with Crippen molar-refractivity contribution in [2.24, 2.45) is 0 Å². The smallest absolute Gasteiger partial charge is 0.410 e. The van der Waals surface area contributed by atoms with E-state index in [2.05, 4.69) is 4.98 Å². The van der Waals surface area contributed by atoms with Gasteiger partial charge in [0.15, 0.2) is 0 Å². The Kier molecular flexibility index (Phi) is 4.83. The molecule has 2 aromatic heterocycles. The minimum atomic E-state index is -0.528. The van der Waals surface area contributed by atoms with Gasteiger partial charge in [-0.15, -0.1) is 11.3 Å². The molecule has 3 rings (SSSR count). The van der Waals surface area contributed by atoms with Crippen LogP contribution in [0.25, 0.3) is 10.2 Å². The molecule has 0 spiro atoms. The van der Waals surface area contributed by atoms with Crippen molar-refractivity contribution in [2.75, 3.05) is 13.2 Å². The van der Waals surface area contributed by atoms with Crippen LogP contribution in [-0.2, 0) is 24.2 Å². The summed E-state index contributed by atoms with van der Waals surface area (Å²) >= 11 is 1.46. The first kappa shape index (κ1) is 17.9. The van der Waals surface area contributed by atoms with Crippen molar-refractivity contribution in [2.45, 2.75) is 52.3 Å². The van der Waals surface area contributed by atoms with E-state index in [0.29, 0.717) is 42.7 Å². The standard InChI is InChI=1S/C17H23N3O4S/c1-17(2,3)24-16(23)19-7-5-11-12(9-19)25-14-13(11)15(22)20(10-18-14)6-4-8-21/h10,21H,4-9H2,1-3H3. The second-order valence-corrected chi connectivity index (χ2v) is 8.24. The van der Waals surface area contributed by atoms with Crippen LogP contribution in [0, 0.1) is 0 Å². The van der Waals surface area contributed by atoms with E-state index in [4.69, 9.17) is 9.84 Å². The maximum Gasteiger partial charge on any atom is 0.410 e. The maximum absolute atomic E-state index is 12.7. The van der Waals surface area contributed by atoms with Crippen LogP contribution >= 0.6 is 11.3 Å². The highest BCUT2D eigenvalue weighted by Gasteiger charge is 2.29. The minimum absolute atomic E-state index is 0.0388. The molecule has 2 aromatic rings. The normalized spacial score (nSPS) is 14.6. The Balaban J connectivity index is 1.89. The molecule has 136 valence electrons. The van der Waals surface area contributed by atoms with Gasteiger partial charge in [-0.25, -0.2) is 9.78 Å². The predicted molar refractivity (Wildman–Crippen MR) is 95.9 cm³/mol. The molecular formula is C17H23N3O4S. The third kappa shape index (κ3) is 3.69. The van der Waals surface area contributed by atoms with E-state index in [1.165, 1.54) is 17.7 Å². The maximum atomic E-state index is 12.7. The third-order valence-corrected chi connectivity index (χ3v) is 5.16. The molecule has 0 saturated carbocycles. The van der Waals surface area contributed by atoms with E-state index in [9.17, 15) is 9.59 Å². The largest absolute Gasteiger partial charge is 0.444 e. The van der Waals surface area contributed by atoms with Gasteiger partial charge in [-0.1, -0.05) is 0 Å². The topological polar surface area (TPSA) is 84.7 Å². The lowest BCUT2D eigenvalue weighted by atomic mass is 10.1. The lowest BCUT2D eigenvalue weighted by Crippen LogP contribution is -2.39. The summed E-state index contributed by atoms with van der Waals surface area (Å²) in [4.78, 5) is 32.8. The second kappa shape index (κ2) is 6.76. The molecule has 1 N–H and O–H groups in total. The predicted octanol–water partition coefficient (Wildman–Crippen LogP) is 2.13. The molecule has 3 heterocycles. The van der Waals surface area contributed by atoms with Gasteiger partial charge in [0.2, 0.25) is 0 Å². The number of hydrogen-bond acceptors (Lipinski definition) is 6. The Morgan fingerprint density at radius 3 is 2.88 bits per heavy atom. The van der Waals surface area contributed by atoms with Crippen LogP contribution in [0.15, 0.2) is 11.1 Å². The van der Waals surface area contributed by atoms with Gasteiger partial charge >= 0.3 is 6.09 Å².